The van der Waals surface area contributed by atoms with E-state index in [2.05, 4.69) is 4.98 Å². The number of morpholine rings is 1. The number of hydrogen-bond acceptors (Lipinski definition) is 5. The van der Waals surface area contributed by atoms with Gasteiger partial charge in [0.25, 0.3) is 0 Å². The molecular weight excluding hydrogens is 358 g/mol. The summed E-state index contributed by atoms with van der Waals surface area (Å²) in [4.78, 5) is 19.3. The first-order valence-corrected chi connectivity index (χ1v) is 9.31. The molecule has 146 valence electrons. The molecule has 28 heavy (non-hydrogen) atoms. The number of ether oxygens (including phenoxy) is 3. The van der Waals surface area contributed by atoms with Crippen molar-refractivity contribution in [1.82, 2.24) is 14.5 Å². The van der Waals surface area contributed by atoms with Crippen LogP contribution in [0.25, 0.3) is 11.0 Å². The lowest BCUT2D eigenvalue weighted by atomic mass is 10.3. The molecule has 1 aliphatic heterocycles. The van der Waals surface area contributed by atoms with Crippen molar-refractivity contribution in [3.8, 4) is 11.5 Å². The van der Waals surface area contributed by atoms with Gasteiger partial charge in [0.15, 0.2) is 0 Å². The van der Waals surface area contributed by atoms with Gasteiger partial charge in [-0.25, -0.2) is 4.98 Å². The highest BCUT2D eigenvalue weighted by molar-refractivity contribution is 5.81. The first kappa shape index (κ1) is 18.3. The number of carbonyl (C=O) groups is 1. The van der Waals surface area contributed by atoms with Crippen molar-refractivity contribution < 1.29 is 19.0 Å². The number of hydrogen-bond donors (Lipinski definition) is 0. The van der Waals surface area contributed by atoms with E-state index < -0.39 is 0 Å². The van der Waals surface area contributed by atoms with Crippen LogP contribution in [0.15, 0.2) is 48.5 Å². The number of rotatable bonds is 6. The molecule has 0 N–H and O–H groups in total. The van der Waals surface area contributed by atoms with E-state index in [-0.39, 0.29) is 19.1 Å². The molecule has 1 amide bonds. The van der Waals surface area contributed by atoms with Gasteiger partial charge in [0.1, 0.15) is 30.5 Å². The zero-order chi connectivity index (χ0) is 19.3. The van der Waals surface area contributed by atoms with E-state index in [1.165, 1.54) is 0 Å². The Morgan fingerprint density at radius 3 is 2.54 bits per heavy atom. The average molecular weight is 381 g/mol. The van der Waals surface area contributed by atoms with E-state index in [9.17, 15) is 4.79 Å². The summed E-state index contributed by atoms with van der Waals surface area (Å²) in [6.45, 7) is 2.94. The molecule has 0 unspecified atom stereocenters. The third kappa shape index (κ3) is 3.94. The van der Waals surface area contributed by atoms with E-state index in [0.717, 1.165) is 28.4 Å². The van der Waals surface area contributed by atoms with E-state index in [0.29, 0.717) is 26.3 Å². The Hall–Kier alpha value is -3.06. The summed E-state index contributed by atoms with van der Waals surface area (Å²) in [6.07, 6.45) is 0. The summed E-state index contributed by atoms with van der Waals surface area (Å²) in [6, 6.07) is 15.2. The van der Waals surface area contributed by atoms with E-state index in [1.807, 2.05) is 58.0 Å². The summed E-state index contributed by atoms with van der Waals surface area (Å²) in [5, 5.41) is 0. The molecule has 0 bridgehead atoms. The van der Waals surface area contributed by atoms with Crippen molar-refractivity contribution in [2.75, 3.05) is 33.4 Å². The van der Waals surface area contributed by atoms with Gasteiger partial charge >= 0.3 is 0 Å². The zero-order valence-electron chi connectivity index (χ0n) is 15.8. The molecule has 1 saturated heterocycles. The first-order chi connectivity index (χ1) is 13.7. The minimum Gasteiger partial charge on any atom is -0.497 e. The average Bonchev–Trinajstić information content (AvgIpc) is 3.10. The fourth-order valence-electron chi connectivity index (χ4n) is 3.28. The molecule has 0 spiro atoms. The van der Waals surface area contributed by atoms with Crippen molar-refractivity contribution in [3.05, 3.63) is 54.4 Å². The summed E-state index contributed by atoms with van der Waals surface area (Å²) in [5.41, 5.74) is 1.78. The fourth-order valence-corrected chi connectivity index (χ4v) is 3.28. The van der Waals surface area contributed by atoms with Crippen LogP contribution in [0.3, 0.4) is 0 Å². The Labute approximate surface area is 163 Å². The molecule has 1 fully saturated rings. The molecule has 0 saturated carbocycles. The number of amides is 1. The Morgan fingerprint density at radius 1 is 1.07 bits per heavy atom. The second kappa shape index (κ2) is 8.31. The highest BCUT2D eigenvalue weighted by Gasteiger charge is 2.20. The lowest BCUT2D eigenvalue weighted by Crippen LogP contribution is -2.42. The SMILES string of the molecule is COc1ccc(OCc2nc3ccccc3n2CC(=O)N2CCOCC2)cc1. The van der Waals surface area contributed by atoms with Crippen LogP contribution < -0.4 is 9.47 Å². The first-order valence-electron chi connectivity index (χ1n) is 9.31. The third-order valence-electron chi connectivity index (χ3n) is 4.82. The summed E-state index contributed by atoms with van der Waals surface area (Å²) in [5.74, 6) is 2.28. The molecule has 1 aliphatic rings. The predicted molar refractivity (Wildman–Crippen MR) is 104 cm³/mol. The van der Waals surface area contributed by atoms with Gasteiger partial charge in [0.2, 0.25) is 5.91 Å². The van der Waals surface area contributed by atoms with E-state index in [4.69, 9.17) is 14.2 Å². The molecule has 7 nitrogen and oxygen atoms in total. The van der Waals surface area contributed by atoms with Crippen molar-refractivity contribution >= 4 is 16.9 Å². The maximum atomic E-state index is 12.8. The minimum absolute atomic E-state index is 0.0668. The van der Waals surface area contributed by atoms with Crippen LogP contribution in [0.1, 0.15) is 5.82 Å². The normalized spacial score (nSPS) is 14.2. The van der Waals surface area contributed by atoms with Gasteiger partial charge in [-0.2, -0.15) is 0 Å². The van der Waals surface area contributed by atoms with Gasteiger partial charge in [0, 0.05) is 13.1 Å². The number of nitrogens with zero attached hydrogens (tertiary/aromatic N) is 3. The zero-order valence-corrected chi connectivity index (χ0v) is 15.8. The second-order valence-corrected chi connectivity index (χ2v) is 6.56. The monoisotopic (exact) mass is 381 g/mol. The molecule has 0 atom stereocenters. The fraction of sp³-hybridized carbons (Fsp3) is 0.333. The quantitative estimate of drug-likeness (QED) is 0.656. The standard InChI is InChI=1S/C21H23N3O4/c1-26-16-6-8-17(9-7-16)28-15-20-22-18-4-2-3-5-19(18)24(20)14-21(25)23-10-12-27-13-11-23/h2-9H,10-15H2,1H3. The molecular formula is C21H23N3O4. The maximum Gasteiger partial charge on any atom is 0.242 e. The number of carbonyl (C=O) groups excluding carboxylic acids is 1. The van der Waals surface area contributed by atoms with Crippen LogP contribution >= 0.6 is 0 Å². The van der Waals surface area contributed by atoms with Crippen LogP contribution in [-0.4, -0.2) is 53.8 Å². The number of aromatic nitrogens is 2. The predicted octanol–water partition coefficient (Wildman–Crippen LogP) is 2.48. The lowest BCUT2D eigenvalue weighted by Gasteiger charge is -2.27. The largest absolute Gasteiger partial charge is 0.497 e. The Morgan fingerprint density at radius 2 is 1.79 bits per heavy atom. The maximum absolute atomic E-state index is 12.8. The van der Waals surface area contributed by atoms with Crippen LogP contribution in [0.2, 0.25) is 0 Å². The molecule has 7 heteroatoms. The van der Waals surface area contributed by atoms with E-state index >= 15 is 0 Å². The van der Waals surface area contributed by atoms with Gasteiger partial charge in [-0.3, -0.25) is 4.79 Å². The van der Waals surface area contributed by atoms with Gasteiger partial charge in [-0.05, 0) is 36.4 Å². The van der Waals surface area contributed by atoms with Gasteiger partial charge in [-0.15, -0.1) is 0 Å². The number of fused-ring (bicyclic) bond motifs is 1. The molecule has 2 heterocycles. The Kier molecular flexibility index (Phi) is 5.43. The number of imidazole rings is 1. The minimum atomic E-state index is 0.0668. The van der Waals surface area contributed by atoms with Gasteiger partial charge < -0.3 is 23.7 Å². The smallest absolute Gasteiger partial charge is 0.242 e. The third-order valence-corrected chi connectivity index (χ3v) is 4.82. The van der Waals surface area contributed by atoms with E-state index in [1.54, 1.807) is 7.11 Å². The molecule has 4 rings (SSSR count). The van der Waals surface area contributed by atoms with Crippen molar-refractivity contribution in [2.24, 2.45) is 0 Å². The molecule has 0 aliphatic carbocycles. The molecule has 3 aromatic rings. The van der Waals surface area contributed by atoms with Crippen LogP contribution in [0.4, 0.5) is 0 Å². The highest BCUT2D eigenvalue weighted by atomic mass is 16.5. The number of benzene rings is 2. The van der Waals surface area contributed by atoms with Crippen LogP contribution in [0.5, 0.6) is 11.5 Å². The molecule has 0 radical (unpaired) electrons. The second-order valence-electron chi connectivity index (χ2n) is 6.56. The van der Waals surface area contributed by atoms with Crippen molar-refractivity contribution in [2.45, 2.75) is 13.2 Å². The highest BCUT2D eigenvalue weighted by Crippen LogP contribution is 2.21. The van der Waals surface area contributed by atoms with Crippen molar-refractivity contribution in [3.63, 3.8) is 0 Å². The van der Waals surface area contributed by atoms with Gasteiger partial charge in [-0.1, -0.05) is 12.1 Å². The van der Waals surface area contributed by atoms with Gasteiger partial charge in [0.05, 0.1) is 31.4 Å². The summed E-state index contributed by atoms with van der Waals surface area (Å²) >= 11 is 0. The summed E-state index contributed by atoms with van der Waals surface area (Å²) in [7, 11) is 1.63. The number of methoxy groups -OCH3 is 1. The topological polar surface area (TPSA) is 65.8 Å². The van der Waals surface area contributed by atoms with Crippen molar-refractivity contribution in [1.29, 1.82) is 0 Å². The Bertz CT molecular complexity index is 946. The lowest BCUT2D eigenvalue weighted by molar-refractivity contribution is -0.135. The molecule has 1 aromatic heterocycles. The Balaban J connectivity index is 1.54. The van der Waals surface area contributed by atoms with Crippen LogP contribution in [-0.2, 0) is 22.7 Å². The van der Waals surface area contributed by atoms with Crippen LogP contribution in [0, 0.1) is 0 Å². The molecule has 2 aromatic carbocycles. The number of para-hydroxylation sites is 2. The summed E-state index contributed by atoms with van der Waals surface area (Å²) < 4.78 is 18.4.